The highest BCUT2D eigenvalue weighted by atomic mass is 35.5. The fraction of sp³-hybridized carbons (Fsp3) is 0.261. The Kier molecular flexibility index (Phi) is 5.01. The van der Waals surface area contributed by atoms with Crippen LogP contribution >= 0.6 is 11.6 Å². The number of methoxy groups -OCH3 is 1. The van der Waals surface area contributed by atoms with E-state index in [1.54, 1.807) is 36.4 Å². The van der Waals surface area contributed by atoms with Gasteiger partial charge in [-0.15, -0.1) is 0 Å². The second-order valence-electron chi connectivity index (χ2n) is 8.03. The number of fused-ring (bicyclic) bond motifs is 4. The zero-order chi connectivity index (χ0) is 23.3. The molecule has 1 amide bonds. The van der Waals surface area contributed by atoms with Crippen LogP contribution in [0.4, 0.5) is 5.69 Å². The lowest BCUT2D eigenvalue weighted by Gasteiger charge is -2.42. The van der Waals surface area contributed by atoms with Gasteiger partial charge in [-0.25, -0.2) is 10.9 Å². The third kappa shape index (κ3) is 2.92. The summed E-state index contributed by atoms with van der Waals surface area (Å²) in [4.78, 5) is 27.8. The number of hydrazine groups is 1. The maximum atomic E-state index is 14.2. The smallest absolute Gasteiger partial charge is 0.325 e. The van der Waals surface area contributed by atoms with Gasteiger partial charge < -0.3 is 15.2 Å². The van der Waals surface area contributed by atoms with Gasteiger partial charge in [-0.05, 0) is 29.3 Å². The van der Waals surface area contributed by atoms with Gasteiger partial charge in [-0.1, -0.05) is 41.9 Å². The van der Waals surface area contributed by atoms with Crippen LogP contribution in [-0.2, 0) is 24.5 Å². The van der Waals surface area contributed by atoms with Crippen molar-refractivity contribution in [1.29, 1.82) is 5.26 Å². The summed E-state index contributed by atoms with van der Waals surface area (Å²) >= 11 is 6.08. The molecule has 0 saturated carbocycles. The van der Waals surface area contributed by atoms with Crippen molar-refractivity contribution in [1.82, 2.24) is 10.9 Å². The number of carbonyl (C=O) groups excluding carboxylic acids is 2. The van der Waals surface area contributed by atoms with Crippen LogP contribution < -0.4 is 21.5 Å². The first-order chi connectivity index (χ1) is 15.9. The number of nitrogens with two attached hydrogens (primary N) is 1. The molecule has 3 aliphatic heterocycles. The molecule has 10 heteroatoms. The van der Waals surface area contributed by atoms with E-state index in [0.29, 0.717) is 16.3 Å². The number of para-hydroxylation sites is 1. The molecule has 3 heterocycles. The number of nitrogens with one attached hydrogen (secondary N) is 2. The zero-order valence-corrected chi connectivity index (χ0v) is 18.3. The SMILES string of the molecule is COC(=O)CN1C(=O)C2(C(C#N)=C(N)OC3NNC(c4ccc(Cl)cc4)C32)c2ccccc21. The highest BCUT2D eigenvalue weighted by molar-refractivity contribution is 6.30. The van der Waals surface area contributed by atoms with Gasteiger partial charge in [0, 0.05) is 10.7 Å². The average Bonchev–Trinajstić information content (AvgIpc) is 3.34. The topological polar surface area (TPSA) is 130 Å². The third-order valence-electron chi connectivity index (χ3n) is 6.52. The highest BCUT2D eigenvalue weighted by Gasteiger charge is 2.67. The van der Waals surface area contributed by atoms with E-state index in [4.69, 9.17) is 26.8 Å². The molecule has 1 spiro atoms. The van der Waals surface area contributed by atoms with Gasteiger partial charge in [0.2, 0.25) is 11.8 Å². The van der Waals surface area contributed by atoms with Crippen molar-refractivity contribution in [2.45, 2.75) is 17.7 Å². The second kappa shape index (κ2) is 7.78. The standard InChI is InChI=1S/C23H20ClN5O4/c1-32-17(30)11-29-16-5-3-2-4-14(16)23(22(29)31)15(10-25)20(26)33-21-18(23)19(27-28-21)12-6-8-13(24)9-7-12/h2-9,18-19,21,27-28H,11,26H2,1H3. The van der Waals surface area contributed by atoms with Gasteiger partial charge >= 0.3 is 5.97 Å². The zero-order valence-electron chi connectivity index (χ0n) is 17.5. The molecule has 1 saturated heterocycles. The summed E-state index contributed by atoms with van der Waals surface area (Å²) in [5.74, 6) is -1.74. The molecule has 0 aromatic heterocycles. The maximum Gasteiger partial charge on any atom is 0.325 e. The van der Waals surface area contributed by atoms with Gasteiger partial charge in [0.15, 0.2) is 6.23 Å². The molecular formula is C23H20ClN5O4. The number of nitriles is 1. The molecule has 5 rings (SSSR count). The Morgan fingerprint density at radius 3 is 2.70 bits per heavy atom. The first-order valence-electron chi connectivity index (χ1n) is 10.2. The number of esters is 1. The lowest BCUT2D eigenvalue weighted by molar-refractivity contribution is -0.140. The van der Waals surface area contributed by atoms with Gasteiger partial charge in [0.05, 0.1) is 19.1 Å². The summed E-state index contributed by atoms with van der Waals surface area (Å²) < 4.78 is 10.7. The monoisotopic (exact) mass is 465 g/mol. The van der Waals surface area contributed by atoms with Crippen LogP contribution in [0.2, 0.25) is 5.02 Å². The Morgan fingerprint density at radius 1 is 1.27 bits per heavy atom. The van der Waals surface area contributed by atoms with Crippen LogP contribution in [0.1, 0.15) is 17.2 Å². The van der Waals surface area contributed by atoms with Crippen LogP contribution in [0, 0.1) is 17.2 Å². The van der Waals surface area contributed by atoms with Crippen LogP contribution in [0.3, 0.4) is 0 Å². The Labute approximate surface area is 194 Å². The first kappa shape index (κ1) is 21.3. The molecule has 168 valence electrons. The molecule has 3 aliphatic rings. The quantitative estimate of drug-likeness (QED) is 0.583. The van der Waals surface area contributed by atoms with Crippen LogP contribution in [0.15, 0.2) is 60.0 Å². The summed E-state index contributed by atoms with van der Waals surface area (Å²) in [6.07, 6.45) is -0.710. The number of nitrogens with zero attached hydrogens (tertiary/aromatic N) is 2. The highest BCUT2D eigenvalue weighted by Crippen LogP contribution is 2.58. The molecule has 0 bridgehead atoms. The van der Waals surface area contributed by atoms with Crippen molar-refractivity contribution >= 4 is 29.2 Å². The minimum atomic E-state index is -1.48. The van der Waals surface area contributed by atoms with Crippen molar-refractivity contribution in [2.24, 2.45) is 11.7 Å². The summed E-state index contributed by atoms with van der Waals surface area (Å²) in [6.45, 7) is -0.294. The van der Waals surface area contributed by atoms with Crippen LogP contribution in [-0.4, -0.2) is 31.8 Å². The van der Waals surface area contributed by atoms with E-state index in [-0.39, 0.29) is 18.0 Å². The Bertz CT molecular complexity index is 1220. The Morgan fingerprint density at radius 2 is 2.00 bits per heavy atom. The van der Waals surface area contributed by atoms with Crippen molar-refractivity contribution in [3.63, 3.8) is 0 Å². The minimum absolute atomic E-state index is 0.0121. The van der Waals surface area contributed by atoms with E-state index >= 15 is 0 Å². The number of rotatable bonds is 3. The van der Waals surface area contributed by atoms with Crippen LogP contribution in [0.5, 0.6) is 0 Å². The largest absolute Gasteiger partial charge is 0.468 e. The number of hydrogen-bond acceptors (Lipinski definition) is 8. The molecule has 33 heavy (non-hydrogen) atoms. The van der Waals surface area contributed by atoms with Gasteiger partial charge in [-0.2, -0.15) is 5.26 Å². The molecule has 2 aromatic carbocycles. The van der Waals surface area contributed by atoms with Crippen molar-refractivity contribution in [3.8, 4) is 6.07 Å². The van der Waals surface area contributed by atoms with Gasteiger partial charge in [0.25, 0.3) is 0 Å². The predicted octanol–water partition coefficient (Wildman–Crippen LogP) is 1.61. The second-order valence-corrected chi connectivity index (χ2v) is 8.46. The van der Waals surface area contributed by atoms with E-state index in [9.17, 15) is 14.9 Å². The normalized spacial score (nSPS) is 27.7. The third-order valence-corrected chi connectivity index (χ3v) is 6.77. The molecule has 9 nitrogen and oxygen atoms in total. The van der Waals surface area contributed by atoms with E-state index in [0.717, 1.165) is 5.56 Å². The van der Waals surface area contributed by atoms with Gasteiger partial charge in [-0.3, -0.25) is 14.5 Å². The molecule has 4 atom stereocenters. The number of anilines is 1. The van der Waals surface area contributed by atoms with Crippen molar-refractivity contribution in [2.75, 3.05) is 18.6 Å². The molecule has 2 aromatic rings. The van der Waals surface area contributed by atoms with Gasteiger partial charge in [0.1, 0.15) is 23.6 Å². The number of amides is 1. The lowest BCUT2D eigenvalue weighted by Crippen LogP contribution is -2.56. The van der Waals surface area contributed by atoms with E-state index < -0.39 is 35.5 Å². The van der Waals surface area contributed by atoms with E-state index in [1.165, 1.54) is 12.0 Å². The predicted molar refractivity (Wildman–Crippen MR) is 118 cm³/mol. The summed E-state index contributed by atoms with van der Waals surface area (Å²) in [6, 6.07) is 16.0. The Balaban J connectivity index is 1.75. The maximum absolute atomic E-state index is 14.2. The molecule has 0 radical (unpaired) electrons. The van der Waals surface area contributed by atoms with Crippen molar-refractivity contribution in [3.05, 3.63) is 76.1 Å². The fourth-order valence-corrected chi connectivity index (χ4v) is 5.29. The van der Waals surface area contributed by atoms with E-state index in [2.05, 4.69) is 16.9 Å². The lowest BCUT2D eigenvalue weighted by atomic mass is 9.62. The number of ether oxygens (including phenoxy) is 2. The molecular weight excluding hydrogens is 446 g/mol. The number of halogens is 1. The average molecular weight is 466 g/mol. The van der Waals surface area contributed by atoms with E-state index in [1.807, 2.05) is 12.1 Å². The minimum Gasteiger partial charge on any atom is -0.468 e. The van der Waals surface area contributed by atoms with Crippen LogP contribution in [0.25, 0.3) is 0 Å². The first-order valence-corrected chi connectivity index (χ1v) is 10.6. The molecule has 4 unspecified atom stereocenters. The molecule has 1 fully saturated rings. The molecule has 4 N–H and O–H groups in total. The fourth-order valence-electron chi connectivity index (χ4n) is 5.16. The summed E-state index contributed by atoms with van der Waals surface area (Å²) in [5, 5.41) is 10.7. The number of carbonyl (C=O) groups is 2. The molecule has 0 aliphatic carbocycles. The number of benzene rings is 2. The van der Waals surface area contributed by atoms with Crippen molar-refractivity contribution < 1.29 is 19.1 Å². The number of hydrogen-bond donors (Lipinski definition) is 3. The Hall–Kier alpha value is -3.58. The summed E-state index contributed by atoms with van der Waals surface area (Å²) in [5.41, 5.74) is 12.9. The summed E-state index contributed by atoms with van der Waals surface area (Å²) in [7, 11) is 1.26.